The first-order valence-corrected chi connectivity index (χ1v) is 8.05. The number of carbonyl (C=O) groups excluding carboxylic acids is 2. The number of nitro groups is 1. The van der Waals surface area contributed by atoms with E-state index < -0.39 is 22.9 Å². The van der Waals surface area contributed by atoms with Crippen molar-refractivity contribution in [3.8, 4) is 0 Å². The summed E-state index contributed by atoms with van der Waals surface area (Å²) in [5.41, 5.74) is 0.945. The van der Waals surface area contributed by atoms with Gasteiger partial charge in [0.2, 0.25) is 0 Å². The molecule has 8 heteroatoms. The van der Waals surface area contributed by atoms with Crippen molar-refractivity contribution in [1.29, 1.82) is 0 Å². The fraction of sp³-hybridized carbons (Fsp3) is 0.111. The Morgan fingerprint density at radius 1 is 1.19 bits per heavy atom. The summed E-state index contributed by atoms with van der Waals surface area (Å²) in [5, 5.41) is 16.7. The van der Waals surface area contributed by atoms with Gasteiger partial charge in [-0.1, -0.05) is 30.3 Å². The van der Waals surface area contributed by atoms with Crippen LogP contribution in [0.3, 0.4) is 0 Å². The van der Waals surface area contributed by atoms with Crippen molar-refractivity contribution in [3.63, 3.8) is 0 Å². The van der Waals surface area contributed by atoms with Crippen LogP contribution in [0.5, 0.6) is 0 Å². The number of halogens is 1. The predicted molar refractivity (Wildman–Crippen MR) is 95.9 cm³/mol. The number of carbonyl (C=O) groups is 2. The third kappa shape index (κ3) is 3.43. The normalized spacial score (nSPS) is 19.4. The van der Waals surface area contributed by atoms with E-state index in [1.54, 1.807) is 30.3 Å². The standard InChI is InChI=1S/C18H14ClN3O4/c1-10-15(17(23)11-5-7-13(19)8-6-11)16(21-18(24)20-10)12-3-2-4-14(9-12)22(25)26/h2-9,15-16H,1H2,(H2,20,21,24)/t15-,16-/m0/s1. The lowest BCUT2D eigenvalue weighted by Crippen LogP contribution is -2.50. The van der Waals surface area contributed by atoms with E-state index in [0.29, 0.717) is 16.1 Å². The molecule has 0 saturated carbocycles. The number of non-ortho nitro benzene ring substituents is 1. The Hall–Kier alpha value is -3.19. The highest BCUT2D eigenvalue weighted by molar-refractivity contribution is 6.30. The molecule has 0 aliphatic carbocycles. The van der Waals surface area contributed by atoms with Crippen LogP contribution < -0.4 is 10.6 Å². The van der Waals surface area contributed by atoms with E-state index in [-0.39, 0.29) is 17.2 Å². The van der Waals surface area contributed by atoms with Crippen LogP contribution in [0.15, 0.2) is 60.8 Å². The molecule has 132 valence electrons. The largest absolute Gasteiger partial charge is 0.330 e. The Bertz CT molecular complexity index is 911. The summed E-state index contributed by atoms with van der Waals surface area (Å²) in [6.45, 7) is 3.79. The third-order valence-electron chi connectivity index (χ3n) is 4.12. The van der Waals surface area contributed by atoms with Crippen molar-refractivity contribution in [1.82, 2.24) is 10.6 Å². The van der Waals surface area contributed by atoms with E-state index in [2.05, 4.69) is 17.2 Å². The molecule has 0 radical (unpaired) electrons. The lowest BCUT2D eigenvalue weighted by atomic mass is 9.83. The number of nitrogens with one attached hydrogen (secondary N) is 2. The van der Waals surface area contributed by atoms with E-state index >= 15 is 0 Å². The van der Waals surface area contributed by atoms with Crippen LogP contribution in [0.2, 0.25) is 5.02 Å². The fourth-order valence-electron chi connectivity index (χ4n) is 2.90. The van der Waals surface area contributed by atoms with Gasteiger partial charge in [-0.3, -0.25) is 14.9 Å². The second-order valence-corrected chi connectivity index (χ2v) is 6.24. The third-order valence-corrected chi connectivity index (χ3v) is 4.37. The van der Waals surface area contributed by atoms with Crippen molar-refractivity contribution < 1.29 is 14.5 Å². The van der Waals surface area contributed by atoms with Gasteiger partial charge in [-0.25, -0.2) is 4.79 Å². The zero-order chi connectivity index (χ0) is 18.8. The highest BCUT2D eigenvalue weighted by atomic mass is 35.5. The van der Waals surface area contributed by atoms with E-state index in [1.165, 1.54) is 18.2 Å². The molecule has 2 amide bonds. The molecule has 2 atom stereocenters. The molecule has 2 N–H and O–H groups in total. The Kier molecular flexibility index (Phi) is 4.73. The molecule has 1 aliphatic rings. The highest BCUT2D eigenvalue weighted by Crippen LogP contribution is 2.33. The number of hydrogen-bond acceptors (Lipinski definition) is 4. The molecule has 0 unspecified atom stereocenters. The summed E-state index contributed by atoms with van der Waals surface area (Å²) < 4.78 is 0. The summed E-state index contributed by atoms with van der Waals surface area (Å²) >= 11 is 5.86. The summed E-state index contributed by atoms with van der Waals surface area (Å²) in [6, 6.07) is 10.9. The fourth-order valence-corrected chi connectivity index (χ4v) is 3.02. The first kappa shape index (κ1) is 17.6. The van der Waals surface area contributed by atoms with E-state index in [1.807, 2.05) is 0 Å². The van der Waals surface area contributed by atoms with Gasteiger partial charge in [0.05, 0.1) is 16.9 Å². The number of amides is 2. The predicted octanol–water partition coefficient (Wildman–Crippen LogP) is 3.61. The lowest BCUT2D eigenvalue weighted by Gasteiger charge is -2.33. The zero-order valence-corrected chi connectivity index (χ0v) is 14.2. The summed E-state index contributed by atoms with van der Waals surface area (Å²) in [7, 11) is 0. The molecule has 26 heavy (non-hydrogen) atoms. The van der Waals surface area contributed by atoms with Crippen molar-refractivity contribution in [3.05, 3.63) is 87.1 Å². The summed E-state index contributed by atoms with van der Waals surface area (Å²) in [5.74, 6) is -1.11. The number of hydrogen-bond donors (Lipinski definition) is 2. The van der Waals surface area contributed by atoms with Gasteiger partial charge in [0, 0.05) is 28.4 Å². The summed E-state index contributed by atoms with van der Waals surface area (Å²) in [4.78, 5) is 35.4. The maximum Gasteiger partial charge on any atom is 0.319 e. The molecule has 0 bridgehead atoms. The van der Waals surface area contributed by atoms with E-state index in [4.69, 9.17) is 11.6 Å². The van der Waals surface area contributed by atoms with Crippen molar-refractivity contribution >= 4 is 29.1 Å². The second-order valence-electron chi connectivity index (χ2n) is 5.80. The molecule has 1 saturated heterocycles. The highest BCUT2D eigenvalue weighted by Gasteiger charge is 2.38. The monoisotopic (exact) mass is 371 g/mol. The van der Waals surface area contributed by atoms with Gasteiger partial charge in [0.15, 0.2) is 5.78 Å². The van der Waals surface area contributed by atoms with Crippen molar-refractivity contribution in [2.75, 3.05) is 0 Å². The minimum Gasteiger partial charge on any atom is -0.330 e. The molecule has 2 aromatic carbocycles. The minimum absolute atomic E-state index is 0.126. The molecule has 1 heterocycles. The maximum absolute atomic E-state index is 13.0. The van der Waals surface area contributed by atoms with Crippen LogP contribution >= 0.6 is 11.6 Å². The number of urea groups is 1. The van der Waals surface area contributed by atoms with Gasteiger partial charge in [-0.05, 0) is 29.8 Å². The Morgan fingerprint density at radius 3 is 2.54 bits per heavy atom. The smallest absolute Gasteiger partial charge is 0.319 e. The van der Waals surface area contributed by atoms with Gasteiger partial charge in [-0.15, -0.1) is 0 Å². The maximum atomic E-state index is 13.0. The average molecular weight is 372 g/mol. The van der Waals surface area contributed by atoms with Crippen LogP contribution in [-0.2, 0) is 0 Å². The Labute approximate surface area is 153 Å². The molecule has 0 spiro atoms. The average Bonchev–Trinajstić information content (AvgIpc) is 2.61. The number of rotatable bonds is 4. The topological polar surface area (TPSA) is 101 Å². The SMILES string of the molecule is C=C1NC(=O)N[C@@H](c2cccc([N+](=O)[O-])c2)[C@H]1C(=O)c1ccc(Cl)cc1. The molecule has 3 rings (SSSR count). The molecule has 1 fully saturated rings. The minimum atomic E-state index is -0.823. The zero-order valence-electron chi connectivity index (χ0n) is 13.4. The number of Topliss-reactive ketones (excluding diaryl/α,β-unsaturated/α-hetero) is 1. The Balaban J connectivity index is 2.02. The van der Waals surface area contributed by atoms with Gasteiger partial charge >= 0.3 is 6.03 Å². The van der Waals surface area contributed by atoms with Crippen LogP contribution in [0.1, 0.15) is 22.0 Å². The van der Waals surface area contributed by atoms with Gasteiger partial charge in [-0.2, -0.15) is 0 Å². The molecular formula is C18H14ClN3O4. The van der Waals surface area contributed by atoms with Crippen molar-refractivity contribution in [2.45, 2.75) is 6.04 Å². The number of benzene rings is 2. The number of nitro benzene ring substituents is 1. The first-order valence-electron chi connectivity index (χ1n) is 7.67. The molecule has 7 nitrogen and oxygen atoms in total. The van der Waals surface area contributed by atoms with Gasteiger partial charge < -0.3 is 10.6 Å². The van der Waals surface area contributed by atoms with E-state index in [9.17, 15) is 19.7 Å². The van der Waals surface area contributed by atoms with Gasteiger partial charge in [0.1, 0.15) is 0 Å². The first-order chi connectivity index (χ1) is 12.4. The van der Waals surface area contributed by atoms with Gasteiger partial charge in [0.25, 0.3) is 5.69 Å². The van der Waals surface area contributed by atoms with Crippen molar-refractivity contribution in [2.24, 2.45) is 5.92 Å². The number of nitrogens with zero attached hydrogens (tertiary/aromatic N) is 1. The van der Waals surface area contributed by atoms with Crippen LogP contribution in [-0.4, -0.2) is 16.7 Å². The van der Waals surface area contributed by atoms with Crippen LogP contribution in [0, 0.1) is 16.0 Å². The molecule has 2 aromatic rings. The van der Waals surface area contributed by atoms with E-state index in [0.717, 1.165) is 0 Å². The lowest BCUT2D eigenvalue weighted by molar-refractivity contribution is -0.384. The Morgan fingerprint density at radius 2 is 1.88 bits per heavy atom. The van der Waals surface area contributed by atoms with Crippen LogP contribution in [0.25, 0.3) is 0 Å². The molecule has 1 aliphatic heterocycles. The molecule has 0 aromatic heterocycles. The summed E-state index contributed by atoms with van der Waals surface area (Å²) in [6.07, 6.45) is 0. The second kappa shape index (κ2) is 6.97. The number of ketones is 1. The van der Waals surface area contributed by atoms with Crippen LogP contribution in [0.4, 0.5) is 10.5 Å². The molecular weight excluding hydrogens is 358 g/mol. The quantitative estimate of drug-likeness (QED) is 0.487.